The second-order valence-electron chi connectivity index (χ2n) is 8.71. The van der Waals surface area contributed by atoms with Crippen molar-refractivity contribution in [1.82, 2.24) is 15.1 Å². The smallest absolute Gasteiger partial charge is 0.319 e. The summed E-state index contributed by atoms with van der Waals surface area (Å²) in [6, 6.07) is 13.2. The van der Waals surface area contributed by atoms with Gasteiger partial charge in [0, 0.05) is 37.2 Å². The first-order valence-corrected chi connectivity index (χ1v) is 11.9. The number of likely N-dealkylation sites (tertiary alicyclic amines) is 1. The first-order valence-electron chi connectivity index (χ1n) is 11.9. The molecular formula is C26H28N4O6. The van der Waals surface area contributed by atoms with Crippen LogP contribution in [-0.2, 0) is 32.2 Å². The number of anilines is 1. The Balaban J connectivity index is 1.37. The van der Waals surface area contributed by atoms with Crippen molar-refractivity contribution in [3.05, 3.63) is 65.2 Å². The SMILES string of the molecule is CCCC(=O)OCN1C(=O)CCC(N2Cc3cc(CNC(=O)Nc4ccccc4)ccc3C2=O)C1=O. The van der Waals surface area contributed by atoms with Gasteiger partial charge < -0.3 is 20.3 Å². The van der Waals surface area contributed by atoms with Crippen LogP contribution in [-0.4, -0.2) is 52.3 Å². The molecule has 0 bridgehead atoms. The molecule has 0 aliphatic carbocycles. The summed E-state index contributed by atoms with van der Waals surface area (Å²) in [5.41, 5.74) is 2.71. The molecular weight excluding hydrogens is 464 g/mol. The summed E-state index contributed by atoms with van der Waals surface area (Å²) in [6.45, 7) is 1.86. The number of esters is 1. The number of imide groups is 1. The number of amides is 5. The molecule has 1 fully saturated rings. The van der Waals surface area contributed by atoms with Crippen LogP contribution in [0.2, 0.25) is 0 Å². The molecule has 2 aliphatic heterocycles. The van der Waals surface area contributed by atoms with Crippen LogP contribution in [0.1, 0.15) is 54.1 Å². The Labute approximate surface area is 208 Å². The second-order valence-corrected chi connectivity index (χ2v) is 8.71. The van der Waals surface area contributed by atoms with Crippen LogP contribution in [0.3, 0.4) is 0 Å². The van der Waals surface area contributed by atoms with Crippen LogP contribution in [0.4, 0.5) is 10.5 Å². The molecule has 4 rings (SSSR count). The Bertz CT molecular complexity index is 1180. The van der Waals surface area contributed by atoms with Gasteiger partial charge in [0.05, 0.1) is 0 Å². The minimum Gasteiger partial charge on any atom is -0.444 e. The van der Waals surface area contributed by atoms with Crippen molar-refractivity contribution in [3.8, 4) is 0 Å². The average Bonchev–Trinajstić information content (AvgIpc) is 3.19. The fourth-order valence-corrected chi connectivity index (χ4v) is 4.30. The van der Waals surface area contributed by atoms with Crippen molar-refractivity contribution in [2.45, 2.75) is 51.7 Å². The van der Waals surface area contributed by atoms with Crippen molar-refractivity contribution in [3.63, 3.8) is 0 Å². The molecule has 2 N–H and O–H groups in total. The van der Waals surface area contributed by atoms with Gasteiger partial charge in [-0.1, -0.05) is 37.3 Å². The number of fused-ring (bicyclic) bond motifs is 1. The predicted octanol–water partition coefficient (Wildman–Crippen LogP) is 2.78. The predicted molar refractivity (Wildman–Crippen MR) is 129 cm³/mol. The van der Waals surface area contributed by atoms with Crippen LogP contribution in [0, 0.1) is 0 Å². The van der Waals surface area contributed by atoms with E-state index in [1.54, 1.807) is 24.3 Å². The van der Waals surface area contributed by atoms with E-state index in [0.717, 1.165) is 16.0 Å². The highest BCUT2D eigenvalue weighted by Gasteiger charge is 2.43. The molecule has 5 amide bonds. The summed E-state index contributed by atoms with van der Waals surface area (Å²) in [7, 11) is 0. The molecule has 36 heavy (non-hydrogen) atoms. The number of nitrogens with zero attached hydrogens (tertiary/aromatic N) is 2. The summed E-state index contributed by atoms with van der Waals surface area (Å²) in [5.74, 6) is -1.74. The van der Waals surface area contributed by atoms with Gasteiger partial charge in [-0.05, 0) is 42.2 Å². The van der Waals surface area contributed by atoms with Gasteiger partial charge in [0.15, 0.2) is 6.73 Å². The van der Waals surface area contributed by atoms with Crippen LogP contribution >= 0.6 is 0 Å². The van der Waals surface area contributed by atoms with Gasteiger partial charge in [-0.2, -0.15) is 0 Å². The topological polar surface area (TPSA) is 125 Å². The van der Waals surface area contributed by atoms with Gasteiger partial charge in [0.1, 0.15) is 6.04 Å². The molecule has 0 radical (unpaired) electrons. The molecule has 2 aromatic carbocycles. The van der Waals surface area contributed by atoms with Crippen molar-refractivity contribution in [2.24, 2.45) is 0 Å². The lowest BCUT2D eigenvalue weighted by Gasteiger charge is -2.34. The van der Waals surface area contributed by atoms with Gasteiger partial charge >= 0.3 is 12.0 Å². The van der Waals surface area contributed by atoms with Crippen LogP contribution in [0.15, 0.2) is 48.5 Å². The zero-order valence-corrected chi connectivity index (χ0v) is 20.0. The number of urea groups is 1. The fraction of sp³-hybridized carbons (Fsp3) is 0.346. The number of ether oxygens (including phenoxy) is 1. The standard InChI is InChI=1S/C26H28N4O6/c1-2-6-23(32)36-16-30-22(31)12-11-21(25(30)34)29-15-18-13-17(9-10-20(18)24(29)33)14-27-26(35)28-19-7-4-3-5-8-19/h3-5,7-10,13,21H,2,6,11-12,14-16H2,1H3,(H2,27,28,35). The lowest BCUT2D eigenvalue weighted by Crippen LogP contribution is -2.55. The number of carbonyl (C=O) groups is 5. The number of rotatable bonds is 8. The van der Waals surface area contributed by atoms with E-state index in [-0.39, 0.29) is 44.3 Å². The molecule has 0 saturated carbocycles. The van der Waals surface area contributed by atoms with Crippen LogP contribution in [0.25, 0.3) is 0 Å². The maximum absolute atomic E-state index is 13.1. The first kappa shape index (κ1) is 24.9. The lowest BCUT2D eigenvalue weighted by molar-refractivity contribution is -0.164. The number of hydrogen-bond acceptors (Lipinski definition) is 6. The summed E-state index contributed by atoms with van der Waals surface area (Å²) in [6.07, 6.45) is 1.09. The van der Waals surface area contributed by atoms with Crippen LogP contribution < -0.4 is 10.6 Å². The summed E-state index contributed by atoms with van der Waals surface area (Å²) in [5, 5.41) is 5.53. The minimum absolute atomic E-state index is 0.0769. The summed E-state index contributed by atoms with van der Waals surface area (Å²) >= 11 is 0. The van der Waals surface area contributed by atoms with E-state index in [1.165, 1.54) is 4.90 Å². The number of hydrogen-bond donors (Lipinski definition) is 2. The van der Waals surface area contributed by atoms with E-state index >= 15 is 0 Å². The number of nitrogens with one attached hydrogen (secondary N) is 2. The van der Waals surface area contributed by atoms with E-state index in [0.29, 0.717) is 17.7 Å². The molecule has 2 heterocycles. The first-order chi connectivity index (χ1) is 17.4. The number of carbonyl (C=O) groups excluding carboxylic acids is 5. The molecule has 2 aliphatic rings. The highest BCUT2D eigenvalue weighted by atomic mass is 16.5. The number of benzene rings is 2. The van der Waals surface area contributed by atoms with Crippen molar-refractivity contribution in [2.75, 3.05) is 12.0 Å². The van der Waals surface area contributed by atoms with Crippen molar-refractivity contribution < 1.29 is 28.7 Å². The summed E-state index contributed by atoms with van der Waals surface area (Å²) in [4.78, 5) is 64.6. The molecule has 0 aromatic heterocycles. The third kappa shape index (κ3) is 5.54. The normalized spacial score (nSPS) is 17.1. The summed E-state index contributed by atoms with van der Waals surface area (Å²) < 4.78 is 5.06. The van der Waals surface area contributed by atoms with E-state index in [4.69, 9.17) is 4.74 Å². The molecule has 10 heteroatoms. The number of piperidine rings is 1. The van der Waals surface area contributed by atoms with Gasteiger partial charge in [0.25, 0.3) is 11.8 Å². The maximum Gasteiger partial charge on any atom is 0.319 e. The van der Waals surface area contributed by atoms with E-state index in [9.17, 15) is 24.0 Å². The fourth-order valence-electron chi connectivity index (χ4n) is 4.30. The van der Waals surface area contributed by atoms with Crippen LogP contribution in [0.5, 0.6) is 0 Å². The lowest BCUT2D eigenvalue weighted by atomic mass is 10.0. The Morgan fingerprint density at radius 1 is 1.08 bits per heavy atom. The van der Waals surface area contributed by atoms with Crippen molar-refractivity contribution >= 4 is 35.4 Å². The molecule has 2 aromatic rings. The molecule has 0 spiro atoms. The van der Waals surface area contributed by atoms with Gasteiger partial charge in [-0.15, -0.1) is 0 Å². The average molecular weight is 493 g/mol. The van der Waals surface area contributed by atoms with Gasteiger partial charge in [-0.3, -0.25) is 19.2 Å². The monoisotopic (exact) mass is 492 g/mol. The Morgan fingerprint density at radius 2 is 1.86 bits per heavy atom. The quantitative estimate of drug-likeness (QED) is 0.431. The molecule has 10 nitrogen and oxygen atoms in total. The highest BCUT2D eigenvalue weighted by molar-refractivity contribution is 6.05. The zero-order valence-electron chi connectivity index (χ0n) is 20.0. The van der Waals surface area contributed by atoms with E-state index in [1.807, 2.05) is 31.2 Å². The second kappa shape index (κ2) is 11.0. The Hall–Kier alpha value is -4.21. The van der Waals surface area contributed by atoms with Gasteiger partial charge in [-0.25, -0.2) is 9.69 Å². The zero-order chi connectivity index (χ0) is 25.7. The molecule has 1 unspecified atom stereocenters. The van der Waals surface area contributed by atoms with Crippen molar-refractivity contribution in [1.29, 1.82) is 0 Å². The third-order valence-corrected chi connectivity index (χ3v) is 6.16. The largest absolute Gasteiger partial charge is 0.444 e. The Morgan fingerprint density at radius 3 is 2.61 bits per heavy atom. The third-order valence-electron chi connectivity index (χ3n) is 6.16. The highest BCUT2D eigenvalue weighted by Crippen LogP contribution is 2.29. The molecule has 1 atom stereocenters. The Kier molecular flexibility index (Phi) is 7.62. The van der Waals surface area contributed by atoms with E-state index in [2.05, 4.69) is 10.6 Å². The molecule has 1 saturated heterocycles. The maximum atomic E-state index is 13.1. The van der Waals surface area contributed by atoms with Gasteiger partial charge in [0.2, 0.25) is 5.91 Å². The minimum atomic E-state index is -0.814. The number of para-hydroxylation sites is 1. The molecule has 188 valence electrons. The van der Waals surface area contributed by atoms with E-state index < -0.39 is 30.6 Å².